The Labute approximate surface area is 248 Å². The van der Waals surface area contributed by atoms with Crippen LogP contribution in [0.2, 0.25) is 0 Å². The molecule has 0 aliphatic rings. The highest BCUT2D eigenvalue weighted by Gasteiger charge is 2.18. The molecule has 9 rings (SSSR count). The molecule has 0 aliphatic heterocycles. The first-order valence-electron chi connectivity index (χ1n) is 14.6. The molecule has 0 saturated carbocycles. The van der Waals surface area contributed by atoms with Crippen LogP contribution in [0.1, 0.15) is 0 Å². The van der Waals surface area contributed by atoms with E-state index in [-0.39, 0.29) is 0 Å². The minimum Gasteiger partial charge on any atom is -0.455 e. The van der Waals surface area contributed by atoms with Crippen LogP contribution in [0, 0.1) is 0 Å². The molecule has 0 amide bonds. The van der Waals surface area contributed by atoms with Gasteiger partial charge in [-0.25, -0.2) is 0 Å². The van der Waals surface area contributed by atoms with Crippen LogP contribution in [-0.2, 0) is 0 Å². The van der Waals surface area contributed by atoms with Gasteiger partial charge in [0.25, 0.3) is 0 Å². The lowest BCUT2D eigenvalue weighted by molar-refractivity contribution is 0.670. The van der Waals surface area contributed by atoms with Gasteiger partial charge in [-0.15, -0.1) is 0 Å². The van der Waals surface area contributed by atoms with Crippen molar-refractivity contribution < 1.29 is 4.42 Å². The number of hydrogen-bond donors (Lipinski definition) is 0. The summed E-state index contributed by atoms with van der Waals surface area (Å²) in [7, 11) is 0. The monoisotopic (exact) mass is 547 g/mol. The SMILES string of the molecule is c1ccc(-c2c3ccccc3c(-c3ccc(-c4cccc5c4oc4cc6ccccc6cc45)nc3)c3ccccc23)cc1. The normalized spacial score (nSPS) is 11.7. The largest absolute Gasteiger partial charge is 0.455 e. The van der Waals surface area contributed by atoms with E-state index in [1.807, 2.05) is 6.20 Å². The van der Waals surface area contributed by atoms with Gasteiger partial charge in [0.05, 0.1) is 5.69 Å². The zero-order valence-corrected chi connectivity index (χ0v) is 23.3. The van der Waals surface area contributed by atoms with Gasteiger partial charge in [0.15, 0.2) is 0 Å². The molecule has 0 radical (unpaired) electrons. The Balaban J connectivity index is 1.23. The summed E-state index contributed by atoms with van der Waals surface area (Å²) >= 11 is 0. The fourth-order valence-electron chi connectivity index (χ4n) is 6.74. The Morgan fingerprint density at radius 2 is 1.00 bits per heavy atom. The van der Waals surface area contributed by atoms with Gasteiger partial charge in [-0.2, -0.15) is 0 Å². The van der Waals surface area contributed by atoms with Crippen LogP contribution in [0.3, 0.4) is 0 Å². The maximum absolute atomic E-state index is 6.49. The molecule has 0 unspecified atom stereocenters. The summed E-state index contributed by atoms with van der Waals surface area (Å²) in [4.78, 5) is 5.03. The molecule has 0 spiro atoms. The highest BCUT2D eigenvalue weighted by atomic mass is 16.3. The van der Waals surface area contributed by atoms with Gasteiger partial charge in [0.2, 0.25) is 0 Å². The number of hydrogen-bond acceptors (Lipinski definition) is 2. The van der Waals surface area contributed by atoms with Crippen molar-refractivity contribution in [1.29, 1.82) is 0 Å². The fraction of sp³-hybridized carbons (Fsp3) is 0. The summed E-state index contributed by atoms with van der Waals surface area (Å²) in [6.45, 7) is 0. The van der Waals surface area contributed by atoms with Crippen LogP contribution in [0.25, 0.3) is 87.8 Å². The van der Waals surface area contributed by atoms with Crippen molar-refractivity contribution in [1.82, 2.24) is 4.98 Å². The van der Waals surface area contributed by atoms with Gasteiger partial charge in [-0.3, -0.25) is 4.98 Å². The third kappa shape index (κ3) is 3.70. The molecule has 2 nitrogen and oxygen atoms in total. The summed E-state index contributed by atoms with van der Waals surface area (Å²) in [6, 6.07) is 51.6. The van der Waals surface area contributed by atoms with Crippen LogP contribution in [0.4, 0.5) is 0 Å². The molecule has 7 aromatic carbocycles. The number of aromatic nitrogens is 1. The van der Waals surface area contributed by atoms with Gasteiger partial charge in [0, 0.05) is 28.1 Å². The maximum atomic E-state index is 6.49. The van der Waals surface area contributed by atoms with Gasteiger partial charge >= 0.3 is 0 Å². The molecule has 0 atom stereocenters. The highest BCUT2D eigenvalue weighted by Crippen LogP contribution is 2.44. The second kappa shape index (κ2) is 9.40. The highest BCUT2D eigenvalue weighted by molar-refractivity contribution is 6.21. The Morgan fingerprint density at radius 1 is 0.419 bits per heavy atom. The summed E-state index contributed by atoms with van der Waals surface area (Å²) in [5.41, 5.74) is 8.46. The molecule has 0 N–H and O–H groups in total. The van der Waals surface area contributed by atoms with Crippen LogP contribution in [-0.4, -0.2) is 4.98 Å². The van der Waals surface area contributed by atoms with E-state index in [0.717, 1.165) is 38.8 Å². The number of pyridine rings is 1. The predicted octanol–water partition coefficient (Wildman–Crippen LogP) is 11.4. The Hall–Kier alpha value is -5.73. The number of furan rings is 1. The average molecular weight is 548 g/mol. The van der Waals surface area contributed by atoms with Crippen molar-refractivity contribution in [3.63, 3.8) is 0 Å². The van der Waals surface area contributed by atoms with E-state index in [2.05, 4.69) is 146 Å². The quantitative estimate of drug-likeness (QED) is 0.206. The molecule has 0 bridgehead atoms. The first kappa shape index (κ1) is 23.9. The molecule has 9 aromatic rings. The lowest BCUT2D eigenvalue weighted by Crippen LogP contribution is -1.92. The van der Waals surface area contributed by atoms with Crippen molar-refractivity contribution in [2.45, 2.75) is 0 Å². The third-order valence-corrected chi connectivity index (χ3v) is 8.69. The van der Waals surface area contributed by atoms with Gasteiger partial charge in [0.1, 0.15) is 11.2 Å². The zero-order chi connectivity index (χ0) is 28.3. The van der Waals surface area contributed by atoms with Gasteiger partial charge in [-0.1, -0.05) is 121 Å². The molecule has 200 valence electrons. The predicted molar refractivity (Wildman–Crippen MR) is 180 cm³/mol. The Morgan fingerprint density at radius 3 is 1.65 bits per heavy atom. The second-order valence-corrected chi connectivity index (χ2v) is 11.1. The van der Waals surface area contributed by atoms with E-state index in [9.17, 15) is 0 Å². The number of nitrogens with zero attached hydrogens (tertiary/aromatic N) is 1. The molecular weight excluding hydrogens is 522 g/mol. The van der Waals surface area contributed by atoms with E-state index in [1.165, 1.54) is 49.0 Å². The smallest absolute Gasteiger partial charge is 0.144 e. The number of rotatable bonds is 3. The van der Waals surface area contributed by atoms with Crippen molar-refractivity contribution in [3.05, 3.63) is 152 Å². The second-order valence-electron chi connectivity index (χ2n) is 11.1. The van der Waals surface area contributed by atoms with E-state index in [4.69, 9.17) is 9.40 Å². The third-order valence-electron chi connectivity index (χ3n) is 8.69. The Kier molecular flexibility index (Phi) is 5.23. The molecule has 2 heterocycles. The van der Waals surface area contributed by atoms with Crippen LogP contribution in [0.5, 0.6) is 0 Å². The maximum Gasteiger partial charge on any atom is 0.144 e. The summed E-state index contributed by atoms with van der Waals surface area (Å²) in [5, 5.41) is 9.55. The van der Waals surface area contributed by atoms with Crippen LogP contribution >= 0.6 is 0 Å². The molecule has 0 saturated heterocycles. The average Bonchev–Trinajstić information content (AvgIpc) is 3.44. The summed E-state index contributed by atoms with van der Waals surface area (Å²) in [5.74, 6) is 0. The van der Waals surface area contributed by atoms with Crippen LogP contribution < -0.4 is 0 Å². The minimum atomic E-state index is 0.871. The van der Waals surface area contributed by atoms with Gasteiger partial charge in [-0.05, 0) is 73.3 Å². The number of benzene rings is 7. The standard InChI is InChI=1S/C41H25NO/c1-2-11-26(12-3-1)39-30-15-6-8-17-32(30)40(33-18-9-7-16-31(33)39)29-21-22-37(42-25-29)35-20-10-19-34-36-23-27-13-4-5-14-28(27)24-38(36)43-41(34)35/h1-25H. The van der Waals surface area contributed by atoms with Crippen LogP contribution in [0.15, 0.2) is 156 Å². The lowest BCUT2D eigenvalue weighted by atomic mass is 9.86. The van der Waals surface area contributed by atoms with Crippen molar-refractivity contribution in [3.8, 4) is 33.5 Å². The zero-order valence-electron chi connectivity index (χ0n) is 23.3. The molecule has 2 heteroatoms. The van der Waals surface area contributed by atoms with E-state index < -0.39 is 0 Å². The fourth-order valence-corrected chi connectivity index (χ4v) is 6.74. The molecular formula is C41H25NO. The van der Waals surface area contributed by atoms with Gasteiger partial charge < -0.3 is 4.42 Å². The summed E-state index contributed by atoms with van der Waals surface area (Å²) in [6.07, 6.45) is 2.02. The van der Waals surface area contributed by atoms with Crippen molar-refractivity contribution in [2.24, 2.45) is 0 Å². The first-order valence-corrected chi connectivity index (χ1v) is 14.6. The summed E-state index contributed by atoms with van der Waals surface area (Å²) < 4.78 is 6.49. The number of fused-ring (bicyclic) bond motifs is 6. The molecule has 0 aliphatic carbocycles. The first-order chi connectivity index (χ1) is 21.3. The topological polar surface area (TPSA) is 26.0 Å². The molecule has 0 fully saturated rings. The molecule has 2 aromatic heterocycles. The minimum absolute atomic E-state index is 0.871. The lowest BCUT2D eigenvalue weighted by Gasteiger charge is -2.17. The van der Waals surface area contributed by atoms with E-state index in [0.29, 0.717) is 0 Å². The van der Waals surface area contributed by atoms with Crippen molar-refractivity contribution in [2.75, 3.05) is 0 Å². The number of para-hydroxylation sites is 1. The van der Waals surface area contributed by atoms with Crippen molar-refractivity contribution >= 4 is 54.3 Å². The Bertz CT molecular complexity index is 2430. The van der Waals surface area contributed by atoms with E-state index >= 15 is 0 Å². The van der Waals surface area contributed by atoms with E-state index in [1.54, 1.807) is 0 Å². The molecule has 43 heavy (non-hydrogen) atoms.